The van der Waals surface area contributed by atoms with Gasteiger partial charge in [0.15, 0.2) is 0 Å². The van der Waals surface area contributed by atoms with Crippen molar-refractivity contribution in [2.24, 2.45) is 17.3 Å². The summed E-state index contributed by atoms with van der Waals surface area (Å²) in [5.41, 5.74) is -0.670. The molecule has 22 heavy (non-hydrogen) atoms. The molecule has 0 atom stereocenters. The van der Waals surface area contributed by atoms with E-state index in [4.69, 9.17) is 5.11 Å². The molecular weight excluding hydrogens is 280 g/mol. The van der Waals surface area contributed by atoms with E-state index in [1.165, 1.54) is 12.8 Å². The Balaban J connectivity index is 2.21. The van der Waals surface area contributed by atoms with E-state index in [-0.39, 0.29) is 18.3 Å². The molecule has 2 N–H and O–H groups in total. The third-order valence-electron chi connectivity index (χ3n) is 6.05. The predicted octanol–water partition coefficient (Wildman–Crippen LogP) is 4.47. The van der Waals surface area contributed by atoms with Crippen molar-refractivity contribution in [3.8, 4) is 0 Å². The summed E-state index contributed by atoms with van der Waals surface area (Å²) < 4.78 is 0. The molecule has 4 nitrogen and oxygen atoms in total. The SMILES string of the molecule is O=C(O)CCCC(C(=O)O)(C1CCCCC1)C1CCCCC1. The van der Waals surface area contributed by atoms with Gasteiger partial charge in [0.1, 0.15) is 0 Å². The van der Waals surface area contributed by atoms with E-state index in [1.54, 1.807) is 0 Å². The second-order valence-corrected chi connectivity index (χ2v) is 7.26. The lowest BCUT2D eigenvalue weighted by Gasteiger charge is -2.46. The number of hydrogen-bond acceptors (Lipinski definition) is 2. The van der Waals surface area contributed by atoms with Gasteiger partial charge in [-0.3, -0.25) is 9.59 Å². The second kappa shape index (κ2) is 7.98. The van der Waals surface area contributed by atoms with Crippen molar-refractivity contribution in [1.29, 1.82) is 0 Å². The molecule has 4 heteroatoms. The van der Waals surface area contributed by atoms with E-state index in [2.05, 4.69) is 0 Å². The van der Waals surface area contributed by atoms with Gasteiger partial charge in [-0.1, -0.05) is 38.5 Å². The van der Waals surface area contributed by atoms with Crippen LogP contribution in [0.2, 0.25) is 0 Å². The molecule has 2 aliphatic rings. The molecule has 0 saturated heterocycles. The largest absolute Gasteiger partial charge is 0.481 e. The maximum atomic E-state index is 12.3. The summed E-state index contributed by atoms with van der Waals surface area (Å²) in [7, 11) is 0. The molecule has 0 bridgehead atoms. The van der Waals surface area contributed by atoms with Crippen LogP contribution in [0.4, 0.5) is 0 Å². The summed E-state index contributed by atoms with van der Waals surface area (Å²) in [6, 6.07) is 0. The summed E-state index contributed by atoms with van der Waals surface area (Å²) in [5, 5.41) is 19.1. The van der Waals surface area contributed by atoms with Gasteiger partial charge in [-0.05, 0) is 50.4 Å². The first-order valence-corrected chi connectivity index (χ1v) is 9.02. The highest BCUT2D eigenvalue weighted by molar-refractivity contribution is 5.76. The topological polar surface area (TPSA) is 74.6 Å². The fraction of sp³-hybridized carbons (Fsp3) is 0.889. The summed E-state index contributed by atoms with van der Waals surface area (Å²) in [4.78, 5) is 23.2. The Morgan fingerprint density at radius 3 is 1.64 bits per heavy atom. The molecule has 126 valence electrons. The van der Waals surface area contributed by atoms with Crippen LogP contribution in [0.15, 0.2) is 0 Å². The zero-order valence-electron chi connectivity index (χ0n) is 13.6. The van der Waals surface area contributed by atoms with Crippen LogP contribution in [0.1, 0.15) is 83.5 Å². The van der Waals surface area contributed by atoms with Crippen LogP contribution in [0.25, 0.3) is 0 Å². The fourth-order valence-corrected chi connectivity index (χ4v) is 4.97. The van der Waals surface area contributed by atoms with Gasteiger partial charge < -0.3 is 10.2 Å². The molecule has 0 radical (unpaired) electrons. The minimum absolute atomic E-state index is 0.0917. The Morgan fingerprint density at radius 2 is 1.27 bits per heavy atom. The van der Waals surface area contributed by atoms with Gasteiger partial charge in [0, 0.05) is 6.42 Å². The second-order valence-electron chi connectivity index (χ2n) is 7.26. The lowest BCUT2D eigenvalue weighted by molar-refractivity contribution is -0.162. The highest BCUT2D eigenvalue weighted by Crippen LogP contribution is 2.52. The first-order chi connectivity index (χ1) is 10.6. The Kier molecular flexibility index (Phi) is 6.27. The van der Waals surface area contributed by atoms with Crippen LogP contribution in [-0.4, -0.2) is 22.2 Å². The smallest absolute Gasteiger partial charge is 0.310 e. The maximum absolute atomic E-state index is 12.3. The van der Waals surface area contributed by atoms with Crippen molar-refractivity contribution in [2.75, 3.05) is 0 Å². The van der Waals surface area contributed by atoms with Gasteiger partial charge in [0.2, 0.25) is 0 Å². The zero-order valence-corrected chi connectivity index (χ0v) is 13.6. The van der Waals surface area contributed by atoms with Crippen LogP contribution < -0.4 is 0 Å². The van der Waals surface area contributed by atoms with Crippen LogP contribution >= 0.6 is 0 Å². The van der Waals surface area contributed by atoms with Crippen LogP contribution in [-0.2, 0) is 9.59 Å². The molecule has 0 aromatic rings. The average Bonchev–Trinajstić information content (AvgIpc) is 2.53. The number of carbonyl (C=O) groups is 2. The maximum Gasteiger partial charge on any atom is 0.310 e. The third-order valence-corrected chi connectivity index (χ3v) is 6.05. The fourth-order valence-electron chi connectivity index (χ4n) is 4.97. The van der Waals surface area contributed by atoms with Gasteiger partial charge in [-0.15, -0.1) is 0 Å². The molecule has 2 aliphatic carbocycles. The van der Waals surface area contributed by atoms with Crippen molar-refractivity contribution < 1.29 is 19.8 Å². The van der Waals surface area contributed by atoms with Crippen molar-refractivity contribution in [2.45, 2.75) is 83.5 Å². The van der Waals surface area contributed by atoms with Crippen molar-refractivity contribution in [1.82, 2.24) is 0 Å². The molecule has 0 spiro atoms. The van der Waals surface area contributed by atoms with E-state index >= 15 is 0 Å². The molecule has 2 saturated carbocycles. The van der Waals surface area contributed by atoms with E-state index in [0.717, 1.165) is 51.4 Å². The van der Waals surface area contributed by atoms with Crippen molar-refractivity contribution in [3.05, 3.63) is 0 Å². The van der Waals surface area contributed by atoms with Crippen LogP contribution in [0, 0.1) is 17.3 Å². The Hall–Kier alpha value is -1.06. The highest BCUT2D eigenvalue weighted by atomic mass is 16.4. The molecule has 0 aromatic heterocycles. The Labute approximate surface area is 133 Å². The number of rotatable bonds is 7. The molecule has 0 amide bonds. The van der Waals surface area contributed by atoms with Gasteiger partial charge in [-0.2, -0.15) is 0 Å². The number of carboxylic acid groups (broad SMARTS) is 2. The van der Waals surface area contributed by atoms with E-state index in [9.17, 15) is 14.7 Å². The van der Waals surface area contributed by atoms with Gasteiger partial charge >= 0.3 is 11.9 Å². The molecule has 0 aromatic carbocycles. The average molecular weight is 310 g/mol. The van der Waals surface area contributed by atoms with Crippen LogP contribution in [0.3, 0.4) is 0 Å². The molecule has 2 fully saturated rings. The van der Waals surface area contributed by atoms with E-state index < -0.39 is 17.4 Å². The lowest BCUT2D eigenvalue weighted by atomic mass is 9.57. The monoisotopic (exact) mass is 310 g/mol. The normalized spacial score (nSPS) is 21.6. The van der Waals surface area contributed by atoms with Crippen molar-refractivity contribution in [3.63, 3.8) is 0 Å². The molecule has 0 heterocycles. The minimum atomic E-state index is -0.813. The van der Waals surface area contributed by atoms with Gasteiger partial charge in [0.05, 0.1) is 5.41 Å². The summed E-state index contributed by atoms with van der Waals surface area (Å²) in [5.74, 6) is -0.977. The molecule has 2 rings (SSSR count). The molecule has 0 aliphatic heterocycles. The number of hydrogen-bond donors (Lipinski definition) is 2. The zero-order chi connectivity index (χ0) is 16.0. The first-order valence-electron chi connectivity index (χ1n) is 9.02. The number of aliphatic carboxylic acids is 2. The minimum Gasteiger partial charge on any atom is -0.481 e. The first kappa shape index (κ1) is 17.3. The Morgan fingerprint density at radius 1 is 0.818 bits per heavy atom. The summed E-state index contributed by atoms with van der Waals surface area (Å²) in [6.45, 7) is 0. The standard InChI is InChI=1S/C18H30O4/c19-16(20)12-7-13-18(17(21)22,14-8-3-1-4-9-14)15-10-5-2-6-11-15/h14-15H,1-13H2,(H,19,20)(H,21,22). The van der Waals surface area contributed by atoms with Gasteiger partial charge in [0.25, 0.3) is 0 Å². The number of carboxylic acids is 2. The lowest BCUT2D eigenvalue weighted by Crippen LogP contribution is -2.46. The third kappa shape index (κ3) is 3.82. The summed E-state index contributed by atoms with van der Waals surface area (Å²) >= 11 is 0. The summed E-state index contributed by atoms with van der Waals surface area (Å²) in [6.07, 6.45) is 12.1. The van der Waals surface area contributed by atoms with Gasteiger partial charge in [-0.25, -0.2) is 0 Å². The van der Waals surface area contributed by atoms with Crippen LogP contribution in [0.5, 0.6) is 0 Å². The Bertz CT molecular complexity index is 361. The quantitative estimate of drug-likeness (QED) is 0.727. The highest BCUT2D eigenvalue weighted by Gasteiger charge is 2.50. The van der Waals surface area contributed by atoms with Crippen molar-refractivity contribution >= 4 is 11.9 Å². The molecular formula is C18H30O4. The van der Waals surface area contributed by atoms with E-state index in [0.29, 0.717) is 12.8 Å². The van der Waals surface area contributed by atoms with E-state index in [1.807, 2.05) is 0 Å². The molecule has 0 unspecified atom stereocenters. The predicted molar refractivity (Wildman–Crippen MR) is 84.7 cm³/mol.